The van der Waals surface area contributed by atoms with Crippen LogP contribution < -0.4 is 15.8 Å². The van der Waals surface area contributed by atoms with E-state index in [0.717, 1.165) is 0 Å². The van der Waals surface area contributed by atoms with Gasteiger partial charge in [-0.15, -0.1) is 0 Å². The minimum Gasteiger partial charge on any atom is -0.497 e. The summed E-state index contributed by atoms with van der Waals surface area (Å²) in [6.45, 7) is 0. The van der Waals surface area contributed by atoms with Gasteiger partial charge in [0.05, 0.1) is 29.6 Å². The van der Waals surface area contributed by atoms with Crippen molar-refractivity contribution in [3.63, 3.8) is 0 Å². The highest BCUT2D eigenvalue weighted by atomic mass is 16.6. The van der Waals surface area contributed by atoms with Gasteiger partial charge in [-0.25, -0.2) is 0 Å². The predicted molar refractivity (Wildman–Crippen MR) is 101 cm³/mol. The quantitative estimate of drug-likeness (QED) is 0.466. The van der Waals surface area contributed by atoms with E-state index < -0.39 is 10.8 Å². The fourth-order valence-electron chi connectivity index (χ4n) is 2.99. The van der Waals surface area contributed by atoms with Gasteiger partial charge in [-0.1, -0.05) is 12.1 Å². The Labute approximate surface area is 160 Å². The van der Waals surface area contributed by atoms with Crippen LogP contribution in [0.3, 0.4) is 0 Å². The molecule has 1 heterocycles. The third-order valence-corrected chi connectivity index (χ3v) is 4.45. The highest BCUT2D eigenvalue weighted by Crippen LogP contribution is 2.36. The number of carbonyl (C=O) groups is 1. The number of non-ortho nitro benzene ring substituents is 1. The van der Waals surface area contributed by atoms with Crippen molar-refractivity contribution >= 4 is 11.5 Å². The van der Waals surface area contributed by atoms with Crippen molar-refractivity contribution in [1.82, 2.24) is 5.32 Å². The Morgan fingerprint density at radius 1 is 1.21 bits per heavy atom. The third kappa shape index (κ3) is 3.41. The van der Waals surface area contributed by atoms with Crippen molar-refractivity contribution in [1.29, 1.82) is 5.26 Å². The maximum atomic E-state index is 13.1. The summed E-state index contributed by atoms with van der Waals surface area (Å²) in [6, 6.07) is 14.3. The zero-order valence-corrected chi connectivity index (χ0v) is 14.9. The molecule has 1 aliphatic rings. The topological polar surface area (TPSA) is 131 Å². The van der Waals surface area contributed by atoms with Crippen molar-refractivity contribution in [2.75, 3.05) is 7.11 Å². The van der Waals surface area contributed by atoms with Gasteiger partial charge in [0, 0.05) is 29.5 Å². The molecule has 0 saturated heterocycles. The fourth-order valence-corrected chi connectivity index (χ4v) is 2.99. The van der Waals surface area contributed by atoms with E-state index in [1.165, 1.54) is 37.6 Å². The van der Waals surface area contributed by atoms with E-state index in [9.17, 15) is 20.2 Å². The number of dihydropyridines is 1. The van der Waals surface area contributed by atoms with Gasteiger partial charge in [-0.3, -0.25) is 14.9 Å². The van der Waals surface area contributed by atoms with E-state index in [0.29, 0.717) is 22.4 Å². The lowest BCUT2D eigenvalue weighted by Gasteiger charge is -2.25. The third-order valence-electron chi connectivity index (χ3n) is 4.45. The number of ether oxygens (including phenoxy) is 1. The average molecular weight is 376 g/mol. The normalized spacial score (nSPS) is 15.9. The number of ketones is 1. The van der Waals surface area contributed by atoms with Gasteiger partial charge in [0.1, 0.15) is 11.6 Å². The molecule has 2 aromatic rings. The number of nitriles is 1. The number of nitrogens with zero attached hydrogens (tertiary/aromatic N) is 2. The summed E-state index contributed by atoms with van der Waals surface area (Å²) in [6.07, 6.45) is 1.47. The molecule has 0 fully saturated rings. The highest BCUT2D eigenvalue weighted by Gasteiger charge is 2.32. The van der Waals surface area contributed by atoms with E-state index in [1.54, 1.807) is 24.3 Å². The molecule has 2 aromatic carbocycles. The molecular weight excluding hydrogens is 360 g/mol. The monoisotopic (exact) mass is 376 g/mol. The number of methoxy groups -OCH3 is 1. The average Bonchev–Trinajstić information content (AvgIpc) is 2.73. The summed E-state index contributed by atoms with van der Waals surface area (Å²) in [7, 11) is 1.53. The van der Waals surface area contributed by atoms with E-state index >= 15 is 0 Å². The molecule has 0 spiro atoms. The van der Waals surface area contributed by atoms with Crippen LogP contribution in [-0.2, 0) is 0 Å². The maximum Gasteiger partial charge on any atom is 0.269 e. The van der Waals surface area contributed by atoms with Gasteiger partial charge in [0.2, 0.25) is 0 Å². The number of hydrogen-bond acceptors (Lipinski definition) is 7. The number of benzene rings is 2. The molecule has 1 unspecified atom stereocenters. The summed E-state index contributed by atoms with van der Waals surface area (Å²) < 4.78 is 5.10. The Balaban J connectivity index is 2.04. The number of nitro benzene ring substituents is 1. The fraction of sp³-hybridized carbons (Fsp3) is 0.100. The molecule has 0 aliphatic carbocycles. The van der Waals surface area contributed by atoms with Crippen molar-refractivity contribution in [3.8, 4) is 11.8 Å². The number of nitro groups is 1. The van der Waals surface area contributed by atoms with Crippen LogP contribution in [0.4, 0.5) is 5.69 Å². The van der Waals surface area contributed by atoms with Crippen LogP contribution in [0.25, 0.3) is 0 Å². The lowest BCUT2D eigenvalue weighted by atomic mass is 9.80. The Morgan fingerprint density at radius 3 is 2.39 bits per heavy atom. The van der Waals surface area contributed by atoms with Crippen LogP contribution >= 0.6 is 0 Å². The van der Waals surface area contributed by atoms with Crippen molar-refractivity contribution in [3.05, 3.63) is 92.9 Å². The Hall–Kier alpha value is -4.12. The first-order chi connectivity index (χ1) is 13.5. The van der Waals surface area contributed by atoms with E-state index in [2.05, 4.69) is 5.32 Å². The molecule has 8 nitrogen and oxygen atoms in total. The Bertz CT molecular complexity index is 1030. The molecule has 8 heteroatoms. The van der Waals surface area contributed by atoms with Gasteiger partial charge >= 0.3 is 0 Å². The van der Waals surface area contributed by atoms with Crippen LogP contribution in [0.5, 0.6) is 5.75 Å². The van der Waals surface area contributed by atoms with Crippen LogP contribution in [0.1, 0.15) is 21.8 Å². The summed E-state index contributed by atoms with van der Waals surface area (Å²) in [5.41, 5.74) is 7.27. The SMILES string of the molecule is COc1ccc(C(=O)C2=CNC(N)=C(C#N)C2c2ccc([N+](=O)[O-])cc2)cc1. The second-order valence-electron chi connectivity index (χ2n) is 6.02. The molecule has 0 aromatic heterocycles. The number of Topliss-reactive ketones (excluding diaryl/α,β-unsaturated/α-hetero) is 1. The second-order valence-corrected chi connectivity index (χ2v) is 6.02. The van der Waals surface area contributed by atoms with Crippen LogP contribution in [0.15, 0.2) is 71.7 Å². The van der Waals surface area contributed by atoms with Gasteiger partial charge in [-0.2, -0.15) is 5.26 Å². The van der Waals surface area contributed by atoms with Crippen LogP contribution in [-0.4, -0.2) is 17.8 Å². The van der Waals surface area contributed by atoms with Crippen molar-refractivity contribution < 1.29 is 14.5 Å². The molecule has 140 valence electrons. The summed E-state index contributed by atoms with van der Waals surface area (Å²) >= 11 is 0. The van der Waals surface area contributed by atoms with E-state index in [4.69, 9.17) is 10.5 Å². The molecule has 28 heavy (non-hydrogen) atoms. The number of hydrogen-bond donors (Lipinski definition) is 2. The minimum absolute atomic E-state index is 0.0832. The maximum absolute atomic E-state index is 13.1. The first kappa shape index (κ1) is 18.7. The number of rotatable bonds is 5. The largest absolute Gasteiger partial charge is 0.497 e. The Morgan fingerprint density at radius 2 is 1.86 bits per heavy atom. The summed E-state index contributed by atoms with van der Waals surface area (Å²) in [4.78, 5) is 23.5. The van der Waals surface area contributed by atoms with Gasteiger partial charge in [-0.05, 0) is 29.8 Å². The molecule has 0 saturated carbocycles. The van der Waals surface area contributed by atoms with E-state index in [1.807, 2.05) is 6.07 Å². The van der Waals surface area contributed by atoms with Gasteiger partial charge in [0.15, 0.2) is 5.78 Å². The summed E-state index contributed by atoms with van der Waals surface area (Å²) in [5, 5.41) is 23.2. The molecule has 1 atom stereocenters. The Kier molecular flexibility index (Phi) is 5.09. The molecular formula is C20H16N4O4. The van der Waals surface area contributed by atoms with Crippen LogP contribution in [0, 0.1) is 21.4 Å². The van der Waals surface area contributed by atoms with Crippen molar-refractivity contribution in [2.45, 2.75) is 5.92 Å². The van der Waals surface area contributed by atoms with E-state index in [-0.39, 0.29) is 22.9 Å². The number of carbonyl (C=O) groups excluding carboxylic acids is 1. The summed E-state index contributed by atoms with van der Waals surface area (Å²) in [5.74, 6) is -0.279. The van der Waals surface area contributed by atoms with Gasteiger partial charge < -0.3 is 15.8 Å². The predicted octanol–water partition coefficient (Wildman–Crippen LogP) is 2.75. The number of nitrogens with two attached hydrogens (primary N) is 1. The zero-order chi connectivity index (χ0) is 20.3. The highest BCUT2D eigenvalue weighted by molar-refractivity contribution is 6.10. The molecule has 3 N–H and O–H groups in total. The number of nitrogens with one attached hydrogen (secondary N) is 1. The lowest BCUT2D eigenvalue weighted by molar-refractivity contribution is -0.384. The molecule has 0 bridgehead atoms. The first-order valence-electron chi connectivity index (χ1n) is 8.25. The molecule has 1 aliphatic heterocycles. The first-order valence-corrected chi connectivity index (χ1v) is 8.25. The molecule has 0 radical (unpaired) electrons. The smallest absolute Gasteiger partial charge is 0.269 e. The van der Waals surface area contributed by atoms with Crippen LogP contribution in [0.2, 0.25) is 0 Å². The number of allylic oxidation sites excluding steroid dienone is 2. The minimum atomic E-state index is -0.735. The standard InChI is InChI=1S/C20H16N4O4/c1-28-15-8-4-13(5-9-15)19(25)17-11-23-20(22)16(10-21)18(17)12-2-6-14(7-3-12)24(26)27/h2-9,11,18,23H,22H2,1H3. The zero-order valence-electron chi connectivity index (χ0n) is 14.9. The van der Waals surface area contributed by atoms with Crippen molar-refractivity contribution in [2.24, 2.45) is 5.73 Å². The second kappa shape index (κ2) is 7.63. The lowest BCUT2D eigenvalue weighted by Crippen LogP contribution is -2.28. The molecule has 0 amide bonds. The molecule has 3 rings (SSSR count). The van der Waals surface area contributed by atoms with Gasteiger partial charge in [0.25, 0.3) is 5.69 Å².